The standard InChI is InChI=1S/C23H19F3N2O3/c1-15-5-9-18(10-6-15)28-22(30)16-7-11-20(12-8-16)31-14-21(29)27-19-4-2-3-17(13-19)23(24,25)26/h2-13H,14H2,1H3,(H,27,29)(H,28,30). The molecule has 0 saturated carbocycles. The number of carbonyl (C=O) groups is 2. The van der Waals surface area contributed by atoms with Gasteiger partial charge in [0.15, 0.2) is 6.61 Å². The highest BCUT2D eigenvalue weighted by Crippen LogP contribution is 2.30. The van der Waals surface area contributed by atoms with Crippen molar-refractivity contribution in [1.82, 2.24) is 0 Å². The smallest absolute Gasteiger partial charge is 0.416 e. The molecule has 3 aromatic rings. The van der Waals surface area contributed by atoms with Crippen LogP contribution in [0.4, 0.5) is 24.5 Å². The van der Waals surface area contributed by atoms with Crippen molar-refractivity contribution >= 4 is 23.2 Å². The quantitative estimate of drug-likeness (QED) is 0.561. The van der Waals surface area contributed by atoms with Gasteiger partial charge in [0.25, 0.3) is 11.8 Å². The second kappa shape index (κ2) is 9.34. The Hall–Kier alpha value is -3.81. The Morgan fingerprint density at radius 2 is 1.55 bits per heavy atom. The van der Waals surface area contributed by atoms with Gasteiger partial charge >= 0.3 is 6.18 Å². The lowest BCUT2D eigenvalue weighted by Gasteiger charge is -2.11. The Morgan fingerprint density at radius 3 is 2.19 bits per heavy atom. The van der Waals surface area contributed by atoms with Gasteiger partial charge in [0.2, 0.25) is 0 Å². The summed E-state index contributed by atoms with van der Waals surface area (Å²) in [6.45, 7) is 1.55. The third-order valence-corrected chi connectivity index (χ3v) is 4.27. The van der Waals surface area contributed by atoms with Crippen LogP contribution in [0, 0.1) is 6.92 Å². The monoisotopic (exact) mass is 428 g/mol. The van der Waals surface area contributed by atoms with Crippen LogP contribution >= 0.6 is 0 Å². The number of carbonyl (C=O) groups excluding carboxylic acids is 2. The maximum absolute atomic E-state index is 12.7. The van der Waals surface area contributed by atoms with Crippen molar-refractivity contribution in [2.45, 2.75) is 13.1 Å². The van der Waals surface area contributed by atoms with Crippen LogP contribution in [0.15, 0.2) is 72.8 Å². The summed E-state index contributed by atoms with van der Waals surface area (Å²) in [6, 6.07) is 17.8. The van der Waals surface area contributed by atoms with Crippen LogP contribution in [-0.2, 0) is 11.0 Å². The molecule has 0 bridgehead atoms. The Bertz CT molecular complexity index is 1060. The fraction of sp³-hybridized carbons (Fsp3) is 0.130. The van der Waals surface area contributed by atoms with E-state index in [1.54, 1.807) is 24.3 Å². The number of benzene rings is 3. The molecule has 0 unspecified atom stereocenters. The van der Waals surface area contributed by atoms with Gasteiger partial charge < -0.3 is 15.4 Å². The zero-order chi connectivity index (χ0) is 22.4. The Morgan fingerprint density at radius 1 is 0.871 bits per heavy atom. The van der Waals surface area contributed by atoms with Crippen LogP contribution in [0.25, 0.3) is 0 Å². The minimum atomic E-state index is -4.50. The highest BCUT2D eigenvalue weighted by atomic mass is 19.4. The van der Waals surface area contributed by atoms with Gasteiger partial charge in [0, 0.05) is 16.9 Å². The van der Waals surface area contributed by atoms with Crippen LogP contribution in [0.5, 0.6) is 5.75 Å². The predicted molar refractivity (Wildman–Crippen MR) is 111 cm³/mol. The largest absolute Gasteiger partial charge is 0.484 e. The first-order valence-corrected chi connectivity index (χ1v) is 9.29. The number of ether oxygens (including phenoxy) is 1. The summed E-state index contributed by atoms with van der Waals surface area (Å²) in [5, 5.41) is 5.13. The number of rotatable bonds is 6. The van der Waals surface area contributed by atoms with E-state index in [1.165, 1.54) is 24.3 Å². The Kier molecular flexibility index (Phi) is 6.59. The molecule has 2 N–H and O–H groups in total. The van der Waals surface area contributed by atoms with E-state index in [0.717, 1.165) is 17.7 Å². The Balaban J connectivity index is 1.52. The van der Waals surface area contributed by atoms with Crippen LogP contribution in [-0.4, -0.2) is 18.4 Å². The molecule has 31 heavy (non-hydrogen) atoms. The Labute approximate surface area is 176 Å². The molecule has 0 aliphatic carbocycles. The van der Waals surface area contributed by atoms with E-state index in [0.29, 0.717) is 17.0 Å². The number of halogens is 3. The van der Waals surface area contributed by atoms with Crippen molar-refractivity contribution in [3.8, 4) is 5.75 Å². The van der Waals surface area contributed by atoms with Crippen molar-refractivity contribution in [1.29, 1.82) is 0 Å². The number of alkyl halides is 3. The lowest BCUT2D eigenvalue weighted by atomic mass is 10.2. The van der Waals surface area contributed by atoms with Crippen molar-refractivity contribution in [2.75, 3.05) is 17.2 Å². The molecular weight excluding hydrogens is 409 g/mol. The van der Waals surface area contributed by atoms with E-state index < -0.39 is 24.3 Å². The molecule has 0 heterocycles. The first-order valence-electron chi connectivity index (χ1n) is 9.29. The van der Waals surface area contributed by atoms with Gasteiger partial charge in [-0.2, -0.15) is 13.2 Å². The number of aryl methyl sites for hydroxylation is 1. The van der Waals surface area contributed by atoms with Crippen molar-refractivity contribution in [3.63, 3.8) is 0 Å². The fourth-order valence-corrected chi connectivity index (χ4v) is 2.66. The predicted octanol–water partition coefficient (Wildman–Crippen LogP) is 5.28. The van der Waals surface area contributed by atoms with Crippen LogP contribution in [0.2, 0.25) is 0 Å². The molecule has 5 nitrogen and oxygen atoms in total. The molecule has 3 rings (SSSR count). The molecule has 2 amide bonds. The summed E-state index contributed by atoms with van der Waals surface area (Å²) < 4.78 is 43.5. The molecular formula is C23H19F3N2O3. The average molecular weight is 428 g/mol. The SMILES string of the molecule is Cc1ccc(NC(=O)c2ccc(OCC(=O)Nc3cccc(C(F)(F)F)c3)cc2)cc1. The van der Waals surface area contributed by atoms with Gasteiger partial charge in [-0.15, -0.1) is 0 Å². The summed E-state index contributed by atoms with van der Waals surface area (Å²) in [7, 11) is 0. The third kappa shape index (κ3) is 6.33. The van der Waals surface area contributed by atoms with Gasteiger partial charge in [-0.3, -0.25) is 9.59 Å². The topological polar surface area (TPSA) is 67.4 Å². The summed E-state index contributed by atoms with van der Waals surface area (Å²) in [5.41, 5.74) is 1.32. The summed E-state index contributed by atoms with van der Waals surface area (Å²) in [5.74, 6) is -0.565. The van der Waals surface area contributed by atoms with Gasteiger partial charge in [-0.25, -0.2) is 0 Å². The van der Waals surface area contributed by atoms with Gasteiger partial charge in [0.1, 0.15) is 5.75 Å². The molecule has 0 radical (unpaired) electrons. The van der Waals surface area contributed by atoms with E-state index in [4.69, 9.17) is 4.74 Å². The number of anilines is 2. The lowest BCUT2D eigenvalue weighted by molar-refractivity contribution is -0.137. The van der Waals surface area contributed by atoms with E-state index in [1.807, 2.05) is 19.1 Å². The molecule has 0 fully saturated rings. The normalized spacial score (nSPS) is 11.0. The first kappa shape index (κ1) is 21.9. The number of nitrogens with one attached hydrogen (secondary N) is 2. The summed E-state index contributed by atoms with van der Waals surface area (Å²) in [4.78, 5) is 24.2. The summed E-state index contributed by atoms with van der Waals surface area (Å²) in [6.07, 6.45) is -4.50. The van der Waals surface area contributed by atoms with Crippen LogP contribution < -0.4 is 15.4 Å². The second-order valence-corrected chi connectivity index (χ2v) is 6.76. The van der Waals surface area contributed by atoms with E-state index in [-0.39, 0.29) is 11.6 Å². The van der Waals surface area contributed by atoms with Crippen LogP contribution in [0.1, 0.15) is 21.5 Å². The minimum Gasteiger partial charge on any atom is -0.484 e. The molecule has 160 valence electrons. The highest BCUT2D eigenvalue weighted by molar-refractivity contribution is 6.04. The van der Waals surface area contributed by atoms with Gasteiger partial charge in [-0.1, -0.05) is 23.8 Å². The molecule has 0 aliphatic heterocycles. The maximum Gasteiger partial charge on any atom is 0.416 e. The van der Waals surface area contributed by atoms with Gasteiger partial charge in [-0.05, 0) is 61.5 Å². The fourth-order valence-electron chi connectivity index (χ4n) is 2.66. The summed E-state index contributed by atoms with van der Waals surface area (Å²) >= 11 is 0. The number of hydrogen-bond acceptors (Lipinski definition) is 3. The molecule has 8 heteroatoms. The van der Waals surface area contributed by atoms with E-state index in [2.05, 4.69) is 10.6 Å². The zero-order valence-electron chi connectivity index (χ0n) is 16.5. The van der Waals surface area contributed by atoms with Gasteiger partial charge in [0.05, 0.1) is 5.56 Å². The second-order valence-electron chi connectivity index (χ2n) is 6.76. The lowest BCUT2D eigenvalue weighted by Crippen LogP contribution is -2.20. The molecule has 0 spiro atoms. The molecule has 0 saturated heterocycles. The highest BCUT2D eigenvalue weighted by Gasteiger charge is 2.30. The van der Waals surface area contributed by atoms with E-state index in [9.17, 15) is 22.8 Å². The van der Waals surface area contributed by atoms with E-state index >= 15 is 0 Å². The molecule has 0 aliphatic rings. The molecule has 3 aromatic carbocycles. The van der Waals surface area contributed by atoms with Crippen molar-refractivity contribution in [2.24, 2.45) is 0 Å². The number of hydrogen-bond donors (Lipinski definition) is 2. The van der Waals surface area contributed by atoms with Crippen molar-refractivity contribution < 1.29 is 27.5 Å². The molecule has 0 aromatic heterocycles. The zero-order valence-corrected chi connectivity index (χ0v) is 16.5. The minimum absolute atomic E-state index is 0.0200. The maximum atomic E-state index is 12.7. The average Bonchev–Trinajstić information content (AvgIpc) is 2.74. The third-order valence-electron chi connectivity index (χ3n) is 4.27. The first-order chi connectivity index (χ1) is 14.7. The van der Waals surface area contributed by atoms with Crippen LogP contribution in [0.3, 0.4) is 0 Å². The van der Waals surface area contributed by atoms with Crippen molar-refractivity contribution in [3.05, 3.63) is 89.5 Å². The molecule has 0 atom stereocenters. The number of amides is 2.